The van der Waals surface area contributed by atoms with Crippen LogP contribution in [0.25, 0.3) is 11.0 Å². The van der Waals surface area contributed by atoms with Crippen molar-refractivity contribution in [2.75, 3.05) is 37.7 Å². The lowest BCUT2D eigenvalue weighted by Gasteiger charge is -2.35. The number of aromatic nitrogens is 2. The number of hydrogen-bond donors (Lipinski definition) is 0. The monoisotopic (exact) mass is 424 g/mol. The third-order valence-corrected chi connectivity index (χ3v) is 6.02. The molecule has 0 unspecified atom stereocenters. The van der Waals surface area contributed by atoms with Gasteiger partial charge in [-0.25, -0.2) is 9.97 Å². The molecule has 0 spiro atoms. The van der Waals surface area contributed by atoms with Crippen molar-refractivity contribution < 1.29 is 9.53 Å². The fourth-order valence-electron chi connectivity index (χ4n) is 3.77. The summed E-state index contributed by atoms with van der Waals surface area (Å²) in [4.78, 5) is 26.1. The summed E-state index contributed by atoms with van der Waals surface area (Å²) in [7, 11) is 0. The van der Waals surface area contributed by atoms with Crippen molar-refractivity contribution in [3.63, 3.8) is 0 Å². The van der Waals surface area contributed by atoms with Gasteiger partial charge >= 0.3 is 0 Å². The number of hydrogen-bond acceptors (Lipinski definition) is 5. The molecule has 1 fully saturated rings. The van der Waals surface area contributed by atoms with Crippen LogP contribution in [0.4, 0.5) is 5.82 Å². The van der Waals surface area contributed by atoms with E-state index in [-0.39, 0.29) is 12.5 Å². The van der Waals surface area contributed by atoms with Crippen LogP contribution in [0.5, 0.6) is 5.75 Å². The highest BCUT2D eigenvalue weighted by atomic mass is 35.5. The summed E-state index contributed by atoms with van der Waals surface area (Å²) in [6.07, 6.45) is 0. The second-order valence-corrected chi connectivity index (χ2v) is 8.03. The zero-order valence-electron chi connectivity index (χ0n) is 17.5. The molecule has 1 amide bonds. The number of carbonyl (C=O) groups is 1. The summed E-state index contributed by atoms with van der Waals surface area (Å²) in [5.74, 6) is 1.55. The van der Waals surface area contributed by atoms with Gasteiger partial charge < -0.3 is 14.5 Å². The molecule has 0 atom stereocenters. The number of amides is 1. The molecule has 0 aliphatic carbocycles. The lowest BCUT2D eigenvalue weighted by Crippen LogP contribution is -2.50. The number of halogens is 1. The molecule has 0 bridgehead atoms. The SMILES string of the molecule is Cc1cc(OCC(=O)N2CCN(c3nc4ccccc4nc3C)CC2)cc(C)c1Cl. The van der Waals surface area contributed by atoms with Crippen molar-refractivity contribution in [3.05, 3.63) is 58.2 Å². The second-order valence-electron chi connectivity index (χ2n) is 7.65. The quantitative estimate of drug-likeness (QED) is 0.635. The van der Waals surface area contributed by atoms with E-state index >= 15 is 0 Å². The molecule has 0 radical (unpaired) electrons. The van der Waals surface area contributed by atoms with Crippen molar-refractivity contribution in [1.82, 2.24) is 14.9 Å². The van der Waals surface area contributed by atoms with Crippen LogP contribution in [0, 0.1) is 20.8 Å². The van der Waals surface area contributed by atoms with Crippen molar-refractivity contribution in [1.29, 1.82) is 0 Å². The van der Waals surface area contributed by atoms with Crippen LogP contribution < -0.4 is 9.64 Å². The molecule has 1 aliphatic rings. The van der Waals surface area contributed by atoms with Crippen LogP contribution in [-0.4, -0.2) is 53.6 Å². The van der Waals surface area contributed by atoms with Gasteiger partial charge in [0.15, 0.2) is 12.4 Å². The first-order chi connectivity index (χ1) is 14.4. The molecule has 0 saturated carbocycles. The zero-order valence-corrected chi connectivity index (χ0v) is 18.2. The Bertz CT molecular complexity index is 1070. The van der Waals surface area contributed by atoms with Gasteiger partial charge in [-0.3, -0.25) is 4.79 Å². The summed E-state index contributed by atoms with van der Waals surface area (Å²) in [6, 6.07) is 11.6. The first-order valence-corrected chi connectivity index (χ1v) is 10.5. The molecule has 1 aromatic heterocycles. The molecule has 3 aromatic rings. The number of piperazine rings is 1. The molecule has 30 heavy (non-hydrogen) atoms. The van der Waals surface area contributed by atoms with Gasteiger partial charge in [0.1, 0.15) is 5.75 Å². The number of para-hydroxylation sites is 2. The fourth-order valence-corrected chi connectivity index (χ4v) is 3.88. The summed E-state index contributed by atoms with van der Waals surface area (Å²) in [6.45, 7) is 8.58. The van der Waals surface area contributed by atoms with Gasteiger partial charge in [0.05, 0.1) is 16.7 Å². The van der Waals surface area contributed by atoms with Crippen molar-refractivity contribution in [3.8, 4) is 5.75 Å². The number of benzene rings is 2. The topological polar surface area (TPSA) is 58.6 Å². The molecule has 7 heteroatoms. The Kier molecular flexibility index (Phi) is 5.77. The third-order valence-electron chi connectivity index (χ3n) is 5.42. The van der Waals surface area contributed by atoms with Crippen LogP contribution in [0.1, 0.15) is 16.8 Å². The smallest absolute Gasteiger partial charge is 0.260 e. The van der Waals surface area contributed by atoms with Crippen molar-refractivity contribution >= 4 is 34.4 Å². The molecule has 156 valence electrons. The van der Waals surface area contributed by atoms with Gasteiger partial charge in [0.25, 0.3) is 5.91 Å². The summed E-state index contributed by atoms with van der Waals surface area (Å²) in [5.41, 5.74) is 4.58. The maximum absolute atomic E-state index is 12.6. The Morgan fingerprint density at radius 1 is 1.00 bits per heavy atom. The van der Waals surface area contributed by atoms with E-state index in [0.29, 0.717) is 18.8 Å². The average molecular weight is 425 g/mol. The summed E-state index contributed by atoms with van der Waals surface area (Å²) >= 11 is 6.20. The van der Waals surface area contributed by atoms with Crippen LogP contribution in [-0.2, 0) is 4.79 Å². The van der Waals surface area contributed by atoms with E-state index in [9.17, 15) is 4.79 Å². The standard InChI is InChI=1S/C23H25ClN4O2/c1-15-12-18(13-16(2)22(15)24)30-14-21(29)27-8-10-28(11-9-27)23-17(3)25-19-6-4-5-7-20(19)26-23/h4-7,12-13H,8-11,14H2,1-3H3. The average Bonchev–Trinajstić information content (AvgIpc) is 2.75. The summed E-state index contributed by atoms with van der Waals surface area (Å²) < 4.78 is 5.73. The Morgan fingerprint density at radius 3 is 2.23 bits per heavy atom. The predicted octanol–water partition coefficient (Wildman–Crippen LogP) is 3.94. The molecule has 4 rings (SSSR count). The van der Waals surface area contributed by atoms with Gasteiger partial charge in [0, 0.05) is 31.2 Å². The minimum atomic E-state index is -0.0128. The molecule has 2 heterocycles. The largest absolute Gasteiger partial charge is 0.484 e. The number of ether oxygens (including phenoxy) is 1. The lowest BCUT2D eigenvalue weighted by molar-refractivity contribution is -0.133. The van der Waals surface area contributed by atoms with Crippen LogP contribution in [0.15, 0.2) is 36.4 Å². The van der Waals surface area contributed by atoms with Gasteiger partial charge in [0.2, 0.25) is 0 Å². The number of rotatable bonds is 4. The lowest BCUT2D eigenvalue weighted by atomic mass is 10.1. The molecule has 6 nitrogen and oxygen atoms in total. The van der Waals surface area contributed by atoms with Crippen molar-refractivity contribution in [2.45, 2.75) is 20.8 Å². The van der Waals surface area contributed by atoms with Crippen LogP contribution >= 0.6 is 11.6 Å². The molecular formula is C23H25ClN4O2. The maximum Gasteiger partial charge on any atom is 0.260 e. The summed E-state index contributed by atoms with van der Waals surface area (Å²) in [5, 5.41) is 0.733. The minimum Gasteiger partial charge on any atom is -0.484 e. The van der Waals surface area contributed by atoms with Crippen molar-refractivity contribution in [2.24, 2.45) is 0 Å². The number of carbonyl (C=O) groups excluding carboxylic acids is 1. The fraction of sp³-hybridized carbons (Fsp3) is 0.348. The van der Waals surface area contributed by atoms with E-state index in [1.807, 2.05) is 62.1 Å². The number of anilines is 1. The van der Waals surface area contributed by atoms with E-state index in [1.54, 1.807) is 0 Å². The van der Waals surface area contributed by atoms with E-state index in [0.717, 1.165) is 51.8 Å². The van der Waals surface area contributed by atoms with Gasteiger partial charge in [-0.1, -0.05) is 23.7 Å². The van der Waals surface area contributed by atoms with E-state index in [2.05, 4.69) is 9.88 Å². The number of fused-ring (bicyclic) bond motifs is 1. The van der Waals surface area contributed by atoms with E-state index in [1.165, 1.54) is 0 Å². The maximum atomic E-state index is 12.6. The molecule has 1 saturated heterocycles. The van der Waals surface area contributed by atoms with E-state index < -0.39 is 0 Å². The van der Waals surface area contributed by atoms with Gasteiger partial charge in [-0.15, -0.1) is 0 Å². The van der Waals surface area contributed by atoms with Crippen LogP contribution in [0.3, 0.4) is 0 Å². The zero-order chi connectivity index (χ0) is 21.3. The predicted molar refractivity (Wildman–Crippen MR) is 119 cm³/mol. The Balaban J connectivity index is 1.36. The normalized spacial score (nSPS) is 14.3. The molecular weight excluding hydrogens is 400 g/mol. The number of aryl methyl sites for hydroxylation is 3. The first-order valence-electron chi connectivity index (χ1n) is 10.1. The minimum absolute atomic E-state index is 0.0128. The Morgan fingerprint density at radius 2 is 1.60 bits per heavy atom. The van der Waals surface area contributed by atoms with Gasteiger partial charge in [-0.2, -0.15) is 0 Å². The molecule has 0 N–H and O–H groups in total. The highest BCUT2D eigenvalue weighted by Gasteiger charge is 2.24. The highest BCUT2D eigenvalue weighted by Crippen LogP contribution is 2.26. The van der Waals surface area contributed by atoms with Crippen LogP contribution in [0.2, 0.25) is 5.02 Å². The Hall–Kier alpha value is -2.86. The first kappa shape index (κ1) is 20.4. The molecule has 1 aliphatic heterocycles. The number of nitrogens with zero attached hydrogens (tertiary/aromatic N) is 4. The molecule has 2 aromatic carbocycles. The Labute approximate surface area is 181 Å². The van der Waals surface area contributed by atoms with Gasteiger partial charge in [-0.05, 0) is 56.2 Å². The van der Waals surface area contributed by atoms with E-state index in [4.69, 9.17) is 21.3 Å². The second kappa shape index (κ2) is 8.48. The highest BCUT2D eigenvalue weighted by molar-refractivity contribution is 6.32. The third kappa shape index (κ3) is 4.19.